The Bertz CT molecular complexity index is 643. The van der Waals surface area contributed by atoms with Crippen molar-refractivity contribution in [3.05, 3.63) is 58.4 Å². The van der Waals surface area contributed by atoms with Crippen LogP contribution in [0.2, 0.25) is 5.02 Å². The zero-order chi connectivity index (χ0) is 15.2. The van der Waals surface area contributed by atoms with Crippen LogP contribution in [-0.4, -0.2) is 12.9 Å². The Kier molecular flexibility index (Phi) is 5.17. The second-order valence-corrected chi connectivity index (χ2v) is 4.67. The van der Waals surface area contributed by atoms with Crippen LogP contribution < -0.4 is 9.47 Å². The SMILES string of the molecule is CCOc1cccc(C=O)c1OCc1ccc(Cl)c(F)c1. The van der Waals surface area contributed by atoms with E-state index in [1.807, 2.05) is 6.92 Å². The molecular formula is C16H14ClFO3. The summed E-state index contributed by atoms with van der Waals surface area (Å²) in [6.07, 6.45) is 0.695. The second kappa shape index (κ2) is 7.09. The average molecular weight is 309 g/mol. The third-order valence-electron chi connectivity index (χ3n) is 2.80. The summed E-state index contributed by atoms with van der Waals surface area (Å²) >= 11 is 5.63. The fourth-order valence-electron chi connectivity index (χ4n) is 1.83. The quantitative estimate of drug-likeness (QED) is 0.748. The van der Waals surface area contributed by atoms with Crippen molar-refractivity contribution in [3.8, 4) is 11.5 Å². The molecule has 0 aliphatic carbocycles. The zero-order valence-corrected chi connectivity index (χ0v) is 12.2. The third kappa shape index (κ3) is 3.73. The highest BCUT2D eigenvalue weighted by atomic mass is 35.5. The Morgan fingerprint density at radius 3 is 2.71 bits per heavy atom. The van der Waals surface area contributed by atoms with Crippen LogP contribution in [0.3, 0.4) is 0 Å². The lowest BCUT2D eigenvalue weighted by atomic mass is 10.2. The van der Waals surface area contributed by atoms with E-state index in [0.29, 0.717) is 35.5 Å². The van der Waals surface area contributed by atoms with Gasteiger partial charge in [-0.25, -0.2) is 4.39 Å². The molecule has 110 valence electrons. The lowest BCUT2D eigenvalue weighted by molar-refractivity contribution is 0.111. The first-order valence-electron chi connectivity index (χ1n) is 6.43. The molecule has 0 fully saturated rings. The van der Waals surface area contributed by atoms with Gasteiger partial charge in [0.2, 0.25) is 0 Å². The van der Waals surface area contributed by atoms with Crippen LogP contribution >= 0.6 is 11.6 Å². The largest absolute Gasteiger partial charge is 0.490 e. The normalized spacial score (nSPS) is 10.2. The number of carbonyl (C=O) groups is 1. The topological polar surface area (TPSA) is 35.5 Å². The predicted molar refractivity (Wildman–Crippen MR) is 78.7 cm³/mol. The van der Waals surface area contributed by atoms with Crippen LogP contribution in [0.1, 0.15) is 22.8 Å². The first kappa shape index (κ1) is 15.3. The van der Waals surface area contributed by atoms with Gasteiger partial charge in [-0.3, -0.25) is 4.79 Å². The standard InChI is InChI=1S/C16H14ClFO3/c1-2-20-15-5-3-4-12(9-19)16(15)21-10-11-6-7-13(17)14(18)8-11/h3-9H,2,10H2,1H3. The van der Waals surface area contributed by atoms with Crippen molar-refractivity contribution in [2.75, 3.05) is 6.61 Å². The van der Waals surface area contributed by atoms with Gasteiger partial charge in [-0.05, 0) is 36.8 Å². The molecule has 0 aliphatic heterocycles. The van der Waals surface area contributed by atoms with Gasteiger partial charge in [0, 0.05) is 0 Å². The van der Waals surface area contributed by atoms with E-state index in [0.717, 1.165) is 0 Å². The minimum absolute atomic E-state index is 0.0575. The van der Waals surface area contributed by atoms with Crippen molar-refractivity contribution < 1.29 is 18.7 Å². The monoisotopic (exact) mass is 308 g/mol. The van der Waals surface area contributed by atoms with E-state index in [4.69, 9.17) is 21.1 Å². The highest BCUT2D eigenvalue weighted by Gasteiger charge is 2.11. The molecular weight excluding hydrogens is 295 g/mol. The Morgan fingerprint density at radius 1 is 1.24 bits per heavy atom. The number of hydrogen-bond donors (Lipinski definition) is 0. The Hall–Kier alpha value is -2.07. The number of benzene rings is 2. The van der Waals surface area contributed by atoms with Crippen molar-refractivity contribution in [2.45, 2.75) is 13.5 Å². The molecule has 2 aromatic rings. The minimum Gasteiger partial charge on any atom is -0.490 e. The first-order valence-corrected chi connectivity index (χ1v) is 6.81. The maximum atomic E-state index is 13.4. The zero-order valence-electron chi connectivity index (χ0n) is 11.4. The fourth-order valence-corrected chi connectivity index (χ4v) is 1.95. The molecule has 21 heavy (non-hydrogen) atoms. The molecule has 0 aliphatic rings. The molecule has 0 aromatic heterocycles. The van der Waals surface area contributed by atoms with Gasteiger partial charge in [-0.2, -0.15) is 0 Å². The summed E-state index contributed by atoms with van der Waals surface area (Å²) in [5.41, 5.74) is 0.996. The summed E-state index contributed by atoms with van der Waals surface area (Å²) in [5, 5.41) is 0.0575. The summed E-state index contributed by atoms with van der Waals surface area (Å²) in [6, 6.07) is 9.48. The van der Waals surface area contributed by atoms with Gasteiger partial charge in [0.25, 0.3) is 0 Å². The second-order valence-electron chi connectivity index (χ2n) is 4.26. The van der Waals surface area contributed by atoms with E-state index in [9.17, 15) is 9.18 Å². The summed E-state index contributed by atoms with van der Waals surface area (Å²) in [6.45, 7) is 2.40. The Labute approximate surface area is 127 Å². The van der Waals surface area contributed by atoms with Gasteiger partial charge in [-0.1, -0.05) is 23.7 Å². The Balaban J connectivity index is 2.21. The smallest absolute Gasteiger partial charge is 0.172 e. The van der Waals surface area contributed by atoms with Crippen molar-refractivity contribution in [3.63, 3.8) is 0 Å². The van der Waals surface area contributed by atoms with Crippen LogP contribution in [0, 0.1) is 5.82 Å². The summed E-state index contributed by atoms with van der Waals surface area (Å²) < 4.78 is 24.4. The lowest BCUT2D eigenvalue weighted by Crippen LogP contribution is -2.02. The molecule has 0 bridgehead atoms. The number of para-hydroxylation sites is 1. The van der Waals surface area contributed by atoms with Crippen molar-refractivity contribution in [1.82, 2.24) is 0 Å². The number of aldehydes is 1. The van der Waals surface area contributed by atoms with Gasteiger partial charge in [0.05, 0.1) is 17.2 Å². The summed E-state index contributed by atoms with van der Waals surface area (Å²) in [7, 11) is 0. The number of carbonyl (C=O) groups excluding carboxylic acids is 1. The average Bonchev–Trinajstić information content (AvgIpc) is 2.49. The summed E-state index contributed by atoms with van der Waals surface area (Å²) in [5.74, 6) is 0.327. The van der Waals surface area contributed by atoms with Crippen LogP contribution in [0.25, 0.3) is 0 Å². The maximum absolute atomic E-state index is 13.4. The van der Waals surface area contributed by atoms with E-state index in [1.165, 1.54) is 12.1 Å². The van der Waals surface area contributed by atoms with Crippen molar-refractivity contribution in [2.24, 2.45) is 0 Å². The van der Waals surface area contributed by atoms with Crippen LogP contribution in [0.15, 0.2) is 36.4 Å². The predicted octanol–water partition coefficient (Wildman–Crippen LogP) is 4.27. The molecule has 0 saturated heterocycles. The van der Waals surface area contributed by atoms with E-state index < -0.39 is 5.82 Å². The molecule has 0 N–H and O–H groups in total. The van der Waals surface area contributed by atoms with Gasteiger partial charge < -0.3 is 9.47 Å². The molecule has 0 unspecified atom stereocenters. The summed E-state index contributed by atoms with van der Waals surface area (Å²) in [4.78, 5) is 11.1. The number of hydrogen-bond acceptors (Lipinski definition) is 3. The van der Waals surface area contributed by atoms with Gasteiger partial charge in [-0.15, -0.1) is 0 Å². The van der Waals surface area contributed by atoms with Crippen molar-refractivity contribution in [1.29, 1.82) is 0 Å². The molecule has 0 atom stereocenters. The van der Waals surface area contributed by atoms with Crippen molar-refractivity contribution >= 4 is 17.9 Å². The molecule has 2 aromatic carbocycles. The van der Waals surface area contributed by atoms with E-state index in [1.54, 1.807) is 24.3 Å². The highest BCUT2D eigenvalue weighted by molar-refractivity contribution is 6.30. The molecule has 5 heteroatoms. The maximum Gasteiger partial charge on any atom is 0.172 e. The van der Waals surface area contributed by atoms with Gasteiger partial charge in [0.1, 0.15) is 12.4 Å². The van der Waals surface area contributed by atoms with E-state index in [2.05, 4.69) is 0 Å². The molecule has 0 saturated carbocycles. The molecule has 0 heterocycles. The molecule has 0 spiro atoms. The third-order valence-corrected chi connectivity index (χ3v) is 3.11. The molecule has 2 rings (SSSR count). The molecule has 0 amide bonds. The van der Waals surface area contributed by atoms with Crippen LogP contribution in [0.4, 0.5) is 4.39 Å². The number of rotatable bonds is 6. The van der Waals surface area contributed by atoms with Gasteiger partial charge in [0.15, 0.2) is 17.8 Å². The number of ether oxygens (including phenoxy) is 2. The highest BCUT2D eigenvalue weighted by Crippen LogP contribution is 2.31. The lowest BCUT2D eigenvalue weighted by Gasteiger charge is -2.13. The minimum atomic E-state index is -0.508. The van der Waals surface area contributed by atoms with Crippen LogP contribution in [-0.2, 0) is 6.61 Å². The number of halogens is 2. The Morgan fingerprint density at radius 2 is 2.05 bits per heavy atom. The van der Waals surface area contributed by atoms with Crippen LogP contribution in [0.5, 0.6) is 11.5 Å². The molecule has 3 nitrogen and oxygen atoms in total. The van der Waals surface area contributed by atoms with Gasteiger partial charge >= 0.3 is 0 Å². The molecule has 0 radical (unpaired) electrons. The van der Waals surface area contributed by atoms with E-state index >= 15 is 0 Å². The first-order chi connectivity index (χ1) is 10.2. The van der Waals surface area contributed by atoms with E-state index in [-0.39, 0.29) is 11.6 Å². The fraction of sp³-hybridized carbons (Fsp3) is 0.188.